The van der Waals surface area contributed by atoms with E-state index in [1.54, 1.807) is 0 Å². The number of pyridine rings is 1. The lowest BCUT2D eigenvalue weighted by Gasteiger charge is -2.22. The summed E-state index contributed by atoms with van der Waals surface area (Å²) in [6.07, 6.45) is 1.95. The van der Waals surface area contributed by atoms with E-state index in [0.717, 1.165) is 42.9 Å². The average molecular weight is 432 g/mol. The van der Waals surface area contributed by atoms with E-state index < -0.39 is 0 Å². The van der Waals surface area contributed by atoms with Crippen LogP contribution < -0.4 is 15.4 Å². The molecular weight excluding hydrogens is 406 g/mol. The van der Waals surface area contributed by atoms with Crippen LogP contribution in [0.4, 0.5) is 9.93 Å². The molecule has 0 spiro atoms. The van der Waals surface area contributed by atoms with Gasteiger partial charge < -0.3 is 19.3 Å². The van der Waals surface area contributed by atoms with E-state index in [9.17, 15) is 4.79 Å². The summed E-state index contributed by atoms with van der Waals surface area (Å²) in [5.41, 5.74) is 3.10. The predicted octanol–water partition coefficient (Wildman–Crippen LogP) is 3.91. The molecule has 3 aromatic rings. The number of carbonyl (C=O) groups is 1. The zero-order valence-electron chi connectivity index (χ0n) is 17.3. The number of rotatable bonds is 6. The van der Waals surface area contributed by atoms with Crippen LogP contribution >= 0.6 is 11.3 Å². The second-order valence-electron chi connectivity index (χ2n) is 7.23. The van der Waals surface area contributed by atoms with Gasteiger partial charge in [-0.05, 0) is 45.6 Å². The third-order valence-electron chi connectivity index (χ3n) is 5.01. The second kappa shape index (κ2) is 8.97. The smallest absolute Gasteiger partial charge is 0.321 e. The Hall–Kier alpha value is -2.72. The molecule has 3 aromatic heterocycles. The highest BCUT2D eigenvalue weighted by Crippen LogP contribution is 2.38. The summed E-state index contributed by atoms with van der Waals surface area (Å²) in [5.74, 6) is 1.65. The van der Waals surface area contributed by atoms with Gasteiger partial charge >= 0.3 is 6.03 Å². The Morgan fingerprint density at radius 2 is 2.10 bits per heavy atom. The van der Waals surface area contributed by atoms with E-state index in [-0.39, 0.29) is 6.03 Å². The highest BCUT2D eigenvalue weighted by Gasteiger charge is 2.22. The van der Waals surface area contributed by atoms with Crippen molar-refractivity contribution in [2.45, 2.75) is 33.6 Å². The van der Waals surface area contributed by atoms with Crippen LogP contribution in [0, 0.1) is 19.8 Å². The van der Waals surface area contributed by atoms with Gasteiger partial charge in [-0.2, -0.15) is 0 Å². The maximum atomic E-state index is 11.8. The summed E-state index contributed by atoms with van der Waals surface area (Å²) in [4.78, 5) is 21.8. The first-order chi connectivity index (χ1) is 14.5. The number of aromatic nitrogens is 3. The number of nitrogens with zero attached hydrogens (tertiary/aromatic N) is 3. The van der Waals surface area contributed by atoms with Gasteiger partial charge in [0.1, 0.15) is 16.1 Å². The van der Waals surface area contributed by atoms with Crippen molar-refractivity contribution in [2.24, 2.45) is 5.92 Å². The summed E-state index contributed by atoms with van der Waals surface area (Å²) in [7, 11) is 0. The highest BCUT2D eigenvalue weighted by molar-refractivity contribution is 7.22. The Kier molecular flexibility index (Phi) is 6.14. The molecule has 0 radical (unpaired) electrons. The molecule has 0 aromatic carbocycles. The van der Waals surface area contributed by atoms with Gasteiger partial charge in [-0.1, -0.05) is 16.5 Å². The number of amides is 2. The van der Waals surface area contributed by atoms with Gasteiger partial charge in [0, 0.05) is 19.8 Å². The minimum atomic E-state index is -0.293. The van der Waals surface area contributed by atoms with Crippen LogP contribution in [0.5, 0.6) is 5.88 Å². The van der Waals surface area contributed by atoms with E-state index in [1.165, 1.54) is 11.3 Å². The molecule has 4 heterocycles. The standard InChI is InChI=1S/C20H25N5O4S/c1-4-21-19(26)24-20-22-15-9-14(16-11(2)25-29-12(16)3)17(23-18(15)30-20)28-10-13-5-7-27-8-6-13/h9,13H,4-8,10H2,1-3H3,(H2,21,22,24,26). The number of carbonyl (C=O) groups excluding carboxylic acids is 1. The van der Waals surface area contributed by atoms with Crippen LogP contribution in [0.25, 0.3) is 21.5 Å². The zero-order chi connectivity index (χ0) is 21.1. The molecule has 1 fully saturated rings. The molecule has 9 nitrogen and oxygen atoms in total. The van der Waals surface area contributed by atoms with Crippen LogP contribution in [-0.2, 0) is 4.74 Å². The van der Waals surface area contributed by atoms with Gasteiger partial charge in [0.25, 0.3) is 0 Å². The molecule has 0 unspecified atom stereocenters. The van der Waals surface area contributed by atoms with E-state index in [4.69, 9.17) is 19.0 Å². The molecule has 4 rings (SSSR count). The van der Waals surface area contributed by atoms with Gasteiger partial charge in [0.2, 0.25) is 5.88 Å². The Morgan fingerprint density at radius 3 is 2.80 bits per heavy atom. The number of hydrogen-bond acceptors (Lipinski definition) is 8. The summed E-state index contributed by atoms with van der Waals surface area (Å²) in [6.45, 7) is 8.25. The topological polar surface area (TPSA) is 111 Å². The van der Waals surface area contributed by atoms with Gasteiger partial charge in [-0.15, -0.1) is 0 Å². The number of thiazole rings is 1. The normalized spacial score (nSPS) is 14.8. The van der Waals surface area contributed by atoms with Crippen molar-refractivity contribution in [3.8, 4) is 17.0 Å². The molecule has 2 N–H and O–H groups in total. The molecular formula is C20H25N5O4S. The van der Waals surface area contributed by atoms with Crippen molar-refractivity contribution in [3.63, 3.8) is 0 Å². The number of nitrogens with one attached hydrogen (secondary N) is 2. The number of anilines is 1. The lowest BCUT2D eigenvalue weighted by atomic mass is 10.0. The second-order valence-corrected chi connectivity index (χ2v) is 8.21. The summed E-state index contributed by atoms with van der Waals surface area (Å²) < 4.78 is 17.0. The van der Waals surface area contributed by atoms with Crippen molar-refractivity contribution in [3.05, 3.63) is 17.5 Å². The first-order valence-corrected chi connectivity index (χ1v) is 10.9. The number of fused-ring (bicyclic) bond motifs is 1. The van der Waals surface area contributed by atoms with Crippen molar-refractivity contribution in [1.29, 1.82) is 0 Å². The van der Waals surface area contributed by atoms with Gasteiger partial charge in [-0.3, -0.25) is 5.32 Å². The number of aryl methyl sites for hydroxylation is 2. The molecule has 0 saturated carbocycles. The molecule has 1 aliphatic heterocycles. The van der Waals surface area contributed by atoms with Crippen LogP contribution in [0.2, 0.25) is 0 Å². The van der Waals surface area contributed by atoms with Crippen LogP contribution in [0.1, 0.15) is 31.2 Å². The zero-order valence-corrected chi connectivity index (χ0v) is 18.1. The molecule has 1 aliphatic rings. The Labute approximate surface area is 178 Å². The molecule has 0 aliphatic carbocycles. The van der Waals surface area contributed by atoms with Crippen LogP contribution in [0.15, 0.2) is 10.6 Å². The lowest BCUT2D eigenvalue weighted by molar-refractivity contribution is 0.0492. The number of hydrogen-bond donors (Lipinski definition) is 2. The molecule has 0 atom stereocenters. The fraction of sp³-hybridized carbons (Fsp3) is 0.500. The average Bonchev–Trinajstić information content (AvgIpc) is 3.27. The first kappa shape index (κ1) is 20.5. The minimum Gasteiger partial charge on any atom is -0.477 e. The molecule has 2 amide bonds. The molecule has 10 heteroatoms. The van der Waals surface area contributed by atoms with Crippen LogP contribution in [-0.4, -0.2) is 47.5 Å². The fourth-order valence-corrected chi connectivity index (χ4v) is 4.28. The predicted molar refractivity (Wildman–Crippen MR) is 114 cm³/mol. The van der Waals surface area contributed by atoms with E-state index >= 15 is 0 Å². The Balaban J connectivity index is 1.68. The van der Waals surface area contributed by atoms with E-state index in [0.29, 0.717) is 46.2 Å². The molecule has 160 valence electrons. The maximum Gasteiger partial charge on any atom is 0.321 e. The maximum absolute atomic E-state index is 11.8. The van der Waals surface area contributed by atoms with Crippen molar-refractivity contribution >= 4 is 32.8 Å². The Bertz CT molecular complexity index is 1020. The fourth-order valence-electron chi connectivity index (χ4n) is 3.47. The third kappa shape index (κ3) is 4.39. The molecule has 0 bridgehead atoms. The van der Waals surface area contributed by atoms with Gasteiger partial charge in [0.15, 0.2) is 5.13 Å². The summed E-state index contributed by atoms with van der Waals surface area (Å²) in [6, 6.07) is 1.63. The monoisotopic (exact) mass is 431 g/mol. The quantitative estimate of drug-likeness (QED) is 0.608. The number of urea groups is 1. The largest absolute Gasteiger partial charge is 0.477 e. The highest BCUT2D eigenvalue weighted by atomic mass is 32.1. The lowest BCUT2D eigenvalue weighted by Crippen LogP contribution is -2.28. The summed E-state index contributed by atoms with van der Waals surface area (Å²) >= 11 is 1.31. The molecule has 1 saturated heterocycles. The van der Waals surface area contributed by atoms with Gasteiger partial charge in [0.05, 0.1) is 23.4 Å². The molecule has 30 heavy (non-hydrogen) atoms. The number of ether oxygens (including phenoxy) is 2. The third-order valence-corrected chi connectivity index (χ3v) is 5.89. The summed E-state index contributed by atoms with van der Waals surface area (Å²) in [5, 5.41) is 9.99. The van der Waals surface area contributed by atoms with Crippen LogP contribution in [0.3, 0.4) is 0 Å². The van der Waals surface area contributed by atoms with Crippen molar-refractivity contribution in [2.75, 3.05) is 31.7 Å². The first-order valence-electron chi connectivity index (χ1n) is 10.1. The van der Waals surface area contributed by atoms with Crippen molar-refractivity contribution in [1.82, 2.24) is 20.4 Å². The van der Waals surface area contributed by atoms with Gasteiger partial charge in [-0.25, -0.2) is 14.8 Å². The Morgan fingerprint density at radius 1 is 1.30 bits per heavy atom. The SMILES string of the molecule is CCNC(=O)Nc1nc2cc(-c3c(C)noc3C)c(OCC3CCOCC3)nc2s1. The van der Waals surface area contributed by atoms with E-state index in [2.05, 4.69) is 20.8 Å². The van der Waals surface area contributed by atoms with E-state index in [1.807, 2.05) is 26.8 Å². The van der Waals surface area contributed by atoms with Crippen molar-refractivity contribution < 1.29 is 18.8 Å². The minimum absolute atomic E-state index is 0.293.